The molecule has 6 aromatic rings. The maximum Gasteiger partial charge on any atom is 0.421 e. The van der Waals surface area contributed by atoms with Crippen LogP contribution in [0.25, 0.3) is 11.4 Å². The molecule has 0 atom stereocenters. The lowest BCUT2D eigenvalue weighted by molar-refractivity contribution is 0.0594. The van der Waals surface area contributed by atoms with Crippen molar-refractivity contribution in [2.75, 3.05) is 128 Å². The molecular weight excluding hydrogens is 1220 g/mol. The number of nitrogens with one attached hydrogen (secondary N) is 3. The van der Waals surface area contributed by atoms with Crippen molar-refractivity contribution in [2.45, 2.75) is 59.2 Å². The second-order valence-corrected chi connectivity index (χ2v) is 21.1. The molecule has 0 aliphatic carbocycles. The summed E-state index contributed by atoms with van der Waals surface area (Å²) >= 11 is 6.53. The highest BCUT2D eigenvalue weighted by atomic mass is 127. The van der Waals surface area contributed by atoms with Gasteiger partial charge in [-0.1, -0.05) is 0 Å². The number of rotatable bonds is 14. The van der Waals surface area contributed by atoms with Crippen molar-refractivity contribution in [3.05, 3.63) is 109 Å². The number of halogens is 3. The van der Waals surface area contributed by atoms with Crippen LogP contribution in [-0.2, 0) is 23.7 Å². The van der Waals surface area contributed by atoms with E-state index in [1.807, 2.05) is 87.5 Å². The number of aliphatic hydroxyl groups excluding tert-OH is 1. The Labute approximate surface area is 522 Å². The molecule has 8 radical (unpaired) electrons. The molecule has 3 fully saturated rings. The molecule has 0 unspecified atom stereocenters. The molecule has 9 rings (SSSR count). The summed E-state index contributed by atoms with van der Waals surface area (Å²) in [4.78, 5) is 61.7. The summed E-state index contributed by atoms with van der Waals surface area (Å²) in [7, 11) is 19.9. The monoisotopic (exact) mass is 1290 g/mol. The van der Waals surface area contributed by atoms with Crippen LogP contribution >= 0.6 is 34.8 Å². The summed E-state index contributed by atoms with van der Waals surface area (Å²) in [5.41, 5.74) is 6.07. The van der Waals surface area contributed by atoms with Gasteiger partial charge in [-0.2, -0.15) is 12.8 Å². The number of morpholine rings is 3. The van der Waals surface area contributed by atoms with Crippen LogP contribution in [-0.4, -0.2) is 199 Å². The zero-order valence-electron chi connectivity index (χ0n) is 48.7. The normalized spacial score (nSPS) is 13.9. The maximum absolute atomic E-state index is 12.8. The van der Waals surface area contributed by atoms with Gasteiger partial charge in [0.1, 0.15) is 23.9 Å². The second-order valence-electron chi connectivity index (χ2n) is 20.8. The van der Waals surface area contributed by atoms with Crippen LogP contribution in [0, 0.1) is 0 Å². The van der Waals surface area contributed by atoms with Gasteiger partial charge in [0.25, 0.3) is 0 Å². The molecule has 0 spiro atoms. The van der Waals surface area contributed by atoms with Crippen molar-refractivity contribution < 1.29 is 41.2 Å². The predicted octanol–water partition coefficient (Wildman–Crippen LogP) is 7.63. The van der Waals surface area contributed by atoms with Gasteiger partial charge in [-0.3, -0.25) is 10.3 Å². The molecule has 22 nitrogen and oxygen atoms in total. The van der Waals surface area contributed by atoms with E-state index >= 15 is 0 Å². The maximum atomic E-state index is 12.8. The zero-order chi connectivity index (χ0) is 61.8. The van der Waals surface area contributed by atoms with E-state index in [1.54, 1.807) is 33.2 Å². The summed E-state index contributed by atoms with van der Waals surface area (Å²) in [6.07, 6.45) is 4.65. The number of carbonyl (C=O) groups is 2. The minimum Gasteiger partial charge on any atom is -0.444 e. The molecule has 6 heterocycles. The Bertz CT molecular complexity index is 2910. The lowest BCUT2D eigenvalue weighted by Crippen LogP contribution is -2.38. The van der Waals surface area contributed by atoms with Gasteiger partial charge in [-0.25, -0.2) is 34.4 Å². The summed E-state index contributed by atoms with van der Waals surface area (Å²) in [5, 5.41) is 18.1. The Morgan fingerprint density at radius 1 is 0.671 bits per heavy atom. The quantitative estimate of drug-likeness (QED) is 0.0465. The number of carbonyl (C=O) groups excluding carboxylic acids is 2. The molecule has 3 aliphatic heterocycles. The van der Waals surface area contributed by atoms with Crippen LogP contribution in [0.4, 0.5) is 64.2 Å². The van der Waals surface area contributed by atoms with Crippen LogP contribution in [0.15, 0.2) is 104 Å². The molecule has 3 saturated heterocycles. The van der Waals surface area contributed by atoms with Crippen LogP contribution in [0.1, 0.15) is 48.0 Å². The molecule has 442 valence electrons. The number of pyridine rings is 1. The number of hydrogen-bond acceptors (Lipinski definition) is 20. The fourth-order valence-electron chi connectivity index (χ4n) is 7.79. The highest BCUT2D eigenvalue weighted by Gasteiger charge is 2.28. The molecular formula is C54H69B6ClFIN14O8. The van der Waals surface area contributed by atoms with E-state index in [9.17, 15) is 12.4 Å². The molecule has 3 aromatic heterocycles. The van der Waals surface area contributed by atoms with Gasteiger partial charge < -0.3 is 54.1 Å². The van der Waals surface area contributed by atoms with Crippen LogP contribution in [0.5, 0.6) is 0 Å². The van der Waals surface area contributed by atoms with Gasteiger partial charge in [-0.15, -0.1) is 0 Å². The van der Waals surface area contributed by atoms with E-state index < -0.39 is 36.2 Å². The third kappa shape index (κ3) is 25.2. The Balaban J connectivity index is 0.000000222. The Morgan fingerprint density at radius 2 is 1.15 bits per heavy atom. The van der Waals surface area contributed by atoms with E-state index in [-0.39, 0.29) is 17.8 Å². The molecule has 3 aliphatic rings. The van der Waals surface area contributed by atoms with E-state index in [0.29, 0.717) is 66.8 Å². The van der Waals surface area contributed by atoms with Gasteiger partial charge in [-0.05, 0) is 138 Å². The smallest absolute Gasteiger partial charge is 0.421 e. The molecule has 4 N–H and O–H groups in total. The highest BCUT2D eigenvalue weighted by Crippen LogP contribution is 2.29. The first-order valence-electron chi connectivity index (χ1n) is 27.3. The van der Waals surface area contributed by atoms with Crippen molar-refractivity contribution in [1.29, 1.82) is 0 Å². The molecule has 31 heteroatoms. The minimum atomic E-state index is -0.667. The van der Waals surface area contributed by atoms with Gasteiger partial charge in [0.2, 0.25) is 17.2 Å². The average Bonchev–Trinajstić information content (AvgIpc) is 3.43. The number of nitrogens with zero attached hydrogens (tertiary/aromatic N) is 11. The number of anilines is 9. The molecule has 2 amide bonds. The van der Waals surface area contributed by atoms with Gasteiger partial charge in [0.15, 0.2) is 29.0 Å². The zero-order valence-corrected chi connectivity index (χ0v) is 51.7. The average molecular weight is 1290 g/mol. The van der Waals surface area contributed by atoms with E-state index in [4.69, 9.17) is 71.3 Å². The van der Waals surface area contributed by atoms with Crippen LogP contribution < -0.4 is 35.6 Å². The summed E-state index contributed by atoms with van der Waals surface area (Å²) in [5.74, 6) is 1.11. The van der Waals surface area contributed by atoms with Crippen LogP contribution in [0.2, 0.25) is 5.28 Å². The topological polar surface area (TPSA) is 240 Å². The SMILES string of the molecule is CC(C)(C)OC(=O)N(c1ccc(N2CCOCC2)cc1)c1ncnc(Cl)n1.CC(C)(C)OC(=O)Nc1ccc(N2CCOCC2)cc1.FI.OCCCNc1cncc(-c2ncnc(Nc3ccc(N4CCOCC4)cc3)n2)c1.[B]B([B])B([B])[B]. The van der Waals surface area contributed by atoms with Crippen molar-refractivity contribution in [1.82, 2.24) is 34.9 Å². The number of amides is 2. The first-order valence-corrected chi connectivity index (χ1v) is 28.5. The van der Waals surface area contributed by atoms with E-state index in [1.165, 1.54) is 23.2 Å². The number of hydrogen-bond donors (Lipinski definition) is 4. The highest BCUT2D eigenvalue weighted by molar-refractivity contribution is 14.1. The predicted molar refractivity (Wildman–Crippen MR) is 348 cm³/mol. The second kappa shape index (κ2) is 35.9. The van der Waals surface area contributed by atoms with Gasteiger partial charge in [0.05, 0.1) is 51.0 Å². The largest absolute Gasteiger partial charge is 0.444 e. The van der Waals surface area contributed by atoms with E-state index in [2.05, 4.69) is 77.7 Å². The first kappa shape index (κ1) is 69.3. The van der Waals surface area contributed by atoms with Crippen molar-refractivity contribution in [2.24, 2.45) is 0 Å². The fraction of sp³-hybridized carbons (Fsp3) is 0.426. The Hall–Kier alpha value is -6.45. The molecule has 0 bridgehead atoms. The van der Waals surface area contributed by atoms with Crippen molar-refractivity contribution in [3.8, 4) is 11.4 Å². The van der Waals surface area contributed by atoms with Gasteiger partial charge in [0, 0.05) is 143 Å². The van der Waals surface area contributed by atoms with Crippen molar-refractivity contribution >= 4 is 142 Å². The van der Waals surface area contributed by atoms with Gasteiger partial charge >= 0.3 is 12.2 Å². The van der Waals surface area contributed by atoms with Crippen LogP contribution in [0.3, 0.4) is 0 Å². The number of aliphatic hydroxyl groups is 1. The summed E-state index contributed by atoms with van der Waals surface area (Å²) in [6, 6.07) is 25.4. The summed E-state index contributed by atoms with van der Waals surface area (Å²) < 4.78 is 36.3. The standard InChI is InChI=1S/C21H25N7O2.C18H22ClN5O3.C15H22N2O3.B6.FI/c29-9-1-6-23-18-12-16(13-22-14-18)20-24-15-25-21(27-20)26-17-2-4-19(5-3-17)28-7-10-30-11-8-28;1-18(2,3)27-17(25)24(16-21-12-20-15(19)22-16)14-6-4-13(5-7-14)23-8-10-26-11-9-23;1-15(2,3)20-14(18)16-12-4-6-13(7-5-12)17-8-10-19-11-9-17;1-5(2)6(3)4;1-2/h2-5,12-15,23,29H,1,6-11H2,(H,24,25,26,27);4-7,12H,8-11H2,1-3H3;4-7H,8-11H2,1-3H3,(H,16,18);;. The third-order valence-electron chi connectivity index (χ3n) is 11.9. The summed E-state index contributed by atoms with van der Waals surface area (Å²) in [6.45, 7) is 21.5. The lowest BCUT2D eigenvalue weighted by Gasteiger charge is -2.29. The molecule has 85 heavy (non-hydrogen) atoms. The fourth-order valence-corrected chi connectivity index (χ4v) is 7.91. The Morgan fingerprint density at radius 3 is 1.62 bits per heavy atom. The third-order valence-corrected chi connectivity index (χ3v) is 12.0. The molecule has 3 aromatic carbocycles. The van der Waals surface area contributed by atoms with E-state index in [0.717, 1.165) is 99.7 Å². The van der Waals surface area contributed by atoms with Crippen molar-refractivity contribution in [3.63, 3.8) is 0 Å². The Kier molecular flexibility index (Phi) is 29.3. The number of ether oxygens (including phenoxy) is 5. The lowest BCUT2D eigenvalue weighted by atomic mass is 8.81. The minimum absolute atomic E-state index is 0.00139. The molecule has 0 saturated carbocycles. The number of aromatic nitrogens is 7. The first-order chi connectivity index (χ1) is 40.7. The number of benzene rings is 3.